The number of fused-ring (bicyclic) bond motifs is 1. The van der Waals surface area contributed by atoms with Crippen molar-refractivity contribution in [2.24, 2.45) is 0 Å². The molecule has 1 atom stereocenters. The number of nitrogens with zero attached hydrogens (tertiary/aromatic N) is 2. The van der Waals surface area contributed by atoms with Crippen molar-refractivity contribution in [2.75, 3.05) is 39.8 Å². The normalized spacial score (nSPS) is 20.9. The van der Waals surface area contributed by atoms with E-state index in [4.69, 9.17) is 4.74 Å². The van der Waals surface area contributed by atoms with Crippen molar-refractivity contribution in [3.05, 3.63) is 64.7 Å². The van der Waals surface area contributed by atoms with E-state index in [0.29, 0.717) is 35.5 Å². The van der Waals surface area contributed by atoms with Gasteiger partial charge in [0.25, 0.3) is 17.7 Å². The van der Waals surface area contributed by atoms with E-state index in [-0.39, 0.29) is 24.9 Å². The second-order valence-corrected chi connectivity index (χ2v) is 8.87. The van der Waals surface area contributed by atoms with Crippen LogP contribution in [0.5, 0.6) is 5.75 Å². The third kappa shape index (κ3) is 4.36. The van der Waals surface area contributed by atoms with E-state index in [1.165, 1.54) is 12.0 Å². The Kier molecular flexibility index (Phi) is 6.08. The van der Waals surface area contributed by atoms with Crippen LogP contribution in [0.25, 0.3) is 0 Å². The van der Waals surface area contributed by atoms with Crippen molar-refractivity contribution in [3.8, 4) is 17.6 Å². The summed E-state index contributed by atoms with van der Waals surface area (Å²) in [6.07, 6.45) is 0. The molecule has 0 unspecified atom stereocenters. The van der Waals surface area contributed by atoms with Crippen molar-refractivity contribution >= 4 is 23.8 Å². The summed E-state index contributed by atoms with van der Waals surface area (Å²) in [6, 6.07) is 11.4. The van der Waals surface area contributed by atoms with Crippen LogP contribution >= 0.6 is 0 Å². The maximum Gasteiger partial charge on any atom is 0.323 e. The number of methoxy groups -OCH3 is 1. The second-order valence-electron chi connectivity index (χ2n) is 8.87. The van der Waals surface area contributed by atoms with E-state index in [1.807, 2.05) is 0 Å². The summed E-state index contributed by atoms with van der Waals surface area (Å²) < 4.78 is 5.21. The van der Waals surface area contributed by atoms with E-state index in [0.717, 1.165) is 18.7 Å². The van der Waals surface area contributed by atoms with Crippen LogP contribution < -0.4 is 20.7 Å². The molecule has 0 spiro atoms. The average molecular weight is 488 g/mol. The number of hydrogen-bond donors (Lipinski definition) is 3. The van der Waals surface area contributed by atoms with Crippen molar-refractivity contribution < 1.29 is 23.9 Å². The molecule has 2 fully saturated rings. The first-order chi connectivity index (χ1) is 17.4. The highest BCUT2D eigenvalue weighted by molar-refractivity contribution is 6.10. The molecule has 2 aromatic rings. The number of amides is 5. The summed E-state index contributed by atoms with van der Waals surface area (Å²) in [5.74, 6) is 5.45. The van der Waals surface area contributed by atoms with Gasteiger partial charge in [-0.3, -0.25) is 19.7 Å². The molecule has 2 saturated heterocycles. The monoisotopic (exact) mass is 487 g/mol. The lowest BCUT2D eigenvalue weighted by Crippen LogP contribution is -2.54. The molecule has 36 heavy (non-hydrogen) atoms. The zero-order valence-corrected chi connectivity index (χ0v) is 19.7. The van der Waals surface area contributed by atoms with Gasteiger partial charge in [-0.25, -0.2) is 4.79 Å². The predicted octanol–water partition coefficient (Wildman–Crippen LogP) is 0.326. The molecule has 0 aliphatic carbocycles. The predicted molar refractivity (Wildman–Crippen MR) is 129 cm³/mol. The highest BCUT2D eigenvalue weighted by Gasteiger charge is 2.48. The van der Waals surface area contributed by atoms with Crippen molar-refractivity contribution in [1.82, 2.24) is 25.8 Å². The van der Waals surface area contributed by atoms with Crippen LogP contribution in [0.15, 0.2) is 42.5 Å². The third-order valence-electron chi connectivity index (χ3n) is 6.52. The van der Waals surface area contributed by atoms with Gasteiger partial charge in [0.1, 0.15) is 5.75 Å². The fourth-order valence-electron chi connectivity index (χ4n) is 4.54. The maximum absolute atomic E-state index is 13.0. The van der Waals surface area contributed by atoms with Gasteiger partial charge in [-0.1, -0.05) is 17.9 Å². The van der Waals surface area contributed by atoms with Crippen LogP contribution in [0, 0.1) is 11.8 Å². The van der Waals surface area contributed by atoms with Gasteiger partial charge >= 0.3 is 6.03 Å². The molecular formula is C26H25N5O5. The van der Waals surface area contributed by atoms with Gasteiger partial charge in [0.2, 0.25) is 5.54 Å². The number of carbonyl (C=O) groups is 4. The molecule has 0 aromatic heterocycles. The Hall–Kier alpha value is -4.36. The Morgan fingerprint density at radius 1 is 1.08 bits per heavy atom. The minimum Gasteiger partial charge on any atom is -0.497 e. The molecule has 5 rings (SSSR count). The number of piperazine rings is 1. The lowest BCUT2D eigenvalue weighted by molar-refractivity contribution is -0.122. The smallest absolute Gasteiger partial charge is 0.323 e. The molecule has 3 heterocycles. The topological polar surface area (TPSA) is 120 Å². The molecule has 3 aliphatic heterocycles. The summed E-state index contributed by atoms with van der Waals surface area (Å²) in [6.45, 7) is 3.01. The summed E-state index contributed by atoms with van der Waals surface area (Å²) in [7, 11) is 1.52. The van der Waals surface area contributed by atoms with Gasteiger partial charge in [0.05, 0.1) is 13.7 Å². The summed E-state index contributed by atoms with van der Waals surface area (Å²) in [4.78, 5) is 53.8. The molecule has 2 aromatic carbocycles. The molecule has 0 radical (unpaired) electrons. The Morgan fingerprint density at radius 2 is 1.83 bits per heavy atom. The van der Waals surface area contributed by atoms with Gasteiger partial charge < -0.3 is 25.2 Å². The highest BCUT2D eigenvalue weighted by atomic mass is 16.5. The van der Waals surface area contributed by atoms with E-state index >= 15 is 0 Å². The van der Waals surface area contributed by atoms with E-state index in [1.54, 1.807) is 47.4 Å². The molecule has 0 saturated carbocycles. The number of urea groups is 1. The SMILES string of the molecule is COc1ccc2c(c1)C(=O)N(C[C@@]1(C#Cc3ccc(C(=O)N4CCNCC4)cc3)NC(=O)NC1=O)C2. The quantitative estimate of drug-likeness (QED) is 0.422. The fraction of sp³-hybridized carbons (Fsp3) is 0.308. The zero-order valence-electron chi connectivity index (χ0n) is 19.7. The lowest BCUT2D eigenvalue weighted by Gasteiger charge is -2.27. The van der Waals surface area contributed by atoms with Crippen LogP contribution in [-0.2, 0) is 11.3 Å². The van der Waals surface area contributed by atoms with Gasteiger partial charge in [-0.05, 0) is 42.0 Å². The molecule has 3 N–H and O–H groups in total. The molecule has 3 aliphatic rings. The van der Waals surface area contributed by atoms with Crippen LogP contribution in [0.1, 0.15) is 31.8 Å². The lowest BCUT2D eigenvalue weighted by atomic mass is 9.99. The fourth-order valence-corrected chi connectivity index (χ4v) is 4.54. The molecular weight excluding hydrogens is 462 g/mol. The van der Waals surface area contributed by atoms with Gasteiger partial charge in [0, 0.05) is 49.4 Å². The first-order valence-corrected chi connectivity index (χ1v) is 11.6. The van der Waals surface area contributed by atoms with Gasteiger partial charge in [0.15, 0.2) is 0 Å². The van der Waals surface area contributed by atoms with Gasteiger partial charge in [-0.15, -0.1) is 0 Å². The van der Waals surface area contributed by atoms with E-state index < -0.39 is 17.5 Å². The van der Waals surface area contributed by atoms with Crippen LogP contribution in [-0.4, -0.2) is 78.9 Å². The zero-order chi connectivity index (χ0) is 25.3. The van der Waals surface area contributed by atoms with Crippen LogP contribution in [0.4, 0.5) is 4.79 Å². The number of hydrogen-bond acceptors (Lipinski definition) is 6. The number of rotatable bonds is 4. The summed E-state index contributed by atoms with van der Waals surface area (Å²) in [5, 5.41) is 8.04. The van der Waals surface area contributed by atoms with Crippen molar-refractivity contribution in [2.45, 2.75) is 12.1 Å². The number of nitrogens with one attached hydrogen (secondary N) is 3. The van der Waals surface area contributed by atoms with E-state index in [9.17, 15) is 19.2 Å². The van der Waals surface area contributed by atoms with Gasteiger partial charge in [-0.2, -0.15) is 0 Å². The minimum atomic E-state index is -1.60. The number of benzene rings is 2. The largest absolute Gasteiger partial charge is 0.497 e. The molecule has 184 valence electrons. The summed E-state index contributed by atoms with van der Waals surface area (Å²) in [5.41, 5.74) is 0.819. The molecule has 5 amide bonds. The first kappa shape index (κ1) is 23.4. The highest BCUT2D eigenvalue weighted by Crippen LogP contribution is 2.28. The molecule has 10 heteroatoms. The molecule has 0 bridgehead atoms. The Bertz CT molecular complexity index is 1310. The Morgan fingerprint density at radius 3 is 2.50 bits per heavy atom. The average Bonchev–Trinajstić information content (AvgIpc) is 3.36. The first-order valence-electron chi connectivity index (χ1n) is 11.6. The molecule has 10 nitrogen and oxygen atoms in total. The van der Waals surface area contributed by atoms with Crippen molar-refractivity contribution in [3.63, 3.8) is 0 Å². The summed E-state index contributed by atoms with van der Waals surface area (Å²) >= 11 is 0. The minimum absolute atomic E-state index is 0.0429. The maximum atomic E-state index is 13.0. The van der Waals surface area contributed by atoms with E-state index in [2.05, 4.69) is 27.8 Å². The Balaban J connectivity index is 1.36. The van der Waals surface area contributed by atoms with Crippen molar-refractivity contribution in [1.29, 1.82) is 0 Å². The number of imide groups is 1. The number of carbonyl (C=O) groups excluding carboxylic acids is 4. The van der Waals surface area contributed by atoms with Crippen LogP contribution in [0.3, 0.4) is 0 Å². The number of ether oxygens (including phenoxy) is 1. The Labute approximate surface area is 208 Å². The standard InChI is InChI=1S/C26H25N5O5/c1-36-20-7-6-19-15-31(23(33)21(19)14-20)16-26(24(34)28-25(35)29-26)9-8-17-2-4-18(5-3-17)22(32)30-12-10-27-11-13-30/h2-7,14,27H,10-13,15-16H2,1H3,(H2,28,29,34,35)/t26-/m1/s1. The van der Waals surface area contributed by atoms with Crippen LogP contribution in [0.2, 0.25) is 0 Å². The third-order valence-corrected chi connectivity index (χ3v) is 6.52. The second kappa shape index (κ2) is 9.36.